The molecule has 0 aliphatic carbocycles. The Morgan fingerprint density at radius 2 is 1.78 bits per heavy atom. The van der Waals surface area contributed by atoms with Gasteiger partial charge in [-0.3, -0.25) is 0 Å². The van der Waals surface area contributed by atoms with Gasteiger partial charge >= 0.3 is 0 Å². The van der Waals surface area contributed by atoms with Gasteiger partial charge in [0.1, 0.15) is 0 Å². The average Bonchev–Trinajstić information content (AvgIpc) is 2.61. The number of fused-ring (bicyclic) bond motifs is 2. The standard InChI is InChI=1S/C18H20N2O2S/c21-23(22,17-7-8-18-15(12-17)6-3-10-19-18)20-11-9-14-4-1-2-5-16(14)13-20/h1-2,4-5,7-8,12,19H,3,6,9-11,13H2. The summed E-state index contributed by atoms with van der Waals surface area (Å²) in [6.45, 7) is 1.98. The Morgan fingerprint density at radius 1 is 0.957 bits per heavy atom. The van der Waals surface area contributed by atoms with E-state index in [9.17, 15) is 8.42 Å². The van der Waals surface area contributed by atoms with E-state index in [0.717, 1.165) is 42.6 Å². The average molecular weight is 328 g/mol. The first-order valence-corrected chi connectivity index (χ1v) is 9.52. The van der Waals surface area contributed by atoms with Gasteiger partial charge in [0.2, 0.25) is 10.0 Å². The predicted molar refractivity (Wildman–Crippen MR) is 91.0 cm³/mol. The highest BCUT2D eigenvalue weighted by Gasteiger charge is 2.28. The van der Waals surface area contributed by atoms with Crippen LogP contribution in [0.3, 0.4) is 0 Å². The van der Waals surface area contributed by atoms with Crippen LogP contribution in [-0.4, -0.2) is 25.8 Å². The number of aryl methyl sites for hydroxylation is 1. The molecule has 4 rings (SSSR count). The minimum atomic E-state index is -3.43. The van der Waals surface area contributed by atoms with Crippen LogP contribution in [-0.2, 0) is 29.4 Å². The van der Waals surface area contributed by atoms with Crippen molar-refractivity contribution >= 4 is 15.7 Å². The van der Waals surface area contributed by atoms with Crippen LogP contribution in [0, 0.1) is 0 Å². The Bertz CT molecular complexity index is 846. The Morgan fingerprint density at radius 3 is 2.65 bits per heavy atom. The first kappa shape index (κ1) is 14.7. The van der Waals surface area contributed by atoms with Crippen LogP contribution in [0.2, 0.25) is 0 Å². The quantitative estimate of drug-likeness (QED) is 0.922. The van der Waals surface area contributed by atoms with Crippen molar-refractivity contribution in [1.82, 2.24) is 4.31 Å². The van der Waals surface area contributed by atoms with Gasteiger partial charge in [0.25, 0.3) is 0 Å². The molecule has 0 saturated heterocycles. The van der Waals surface area contributed by atoms with Crippen LogP contribution in [0.25, 0.3) is 0 Å². The molecule has 2 heterocycles. The van der Waals surface area contributed by atoms with Crippen molar-refractivity contribution in [3.05, 3.63) is 59.2 Å². The van der Waals surface area contributed by atoms with E-state index in [2.05, 4.69) is 11.4 Å². The van der Waals surface area contributed by atoms with Gasteiger partial charge in [-0.1, -0.05) is 24.3 Å². The smallest absolute Gasteiger partial charge is 0.243 e. The second-order valence-electron chi connectivity index (χ2n) is 6.21. The Balaban J connectivity index is 1.66. The van der Waals surface area contributed by atoms with Crippen molar-refractivity contribution in [3.63, 3.8) is 0 Å². The van der Waals surface area contributed by atoms with Crippen LogP contribution in [0.15, 0.2) is 47.4 Å². The molecule has 2 aliphatic heterocycles. The largest absolute Gasteiger partial charge is 0.385 e. The number of hydrogen-bond acceptors (Lipinski definition) is 3. The number of nitrogens with one attached hydrogen (secondary N) is 1. The second-order valence-corrected chi connectivity index (χ2v) is 8.14. The molecule has 0 unspecified atom stereocenters. The summed E-state index contributed by atoms with van der Waals surface area (Å²) in [5.41, 5.74) is 4.55. The lowest BCUT2D eigenvalue weighted by Gasteiger charge is -2.28. The molecule has 0 amide bonds. The van der Waals surface area contributed by atoms with Gasteiger partial charge in [-0.2, -0.15) is 4.31 Å². The zero-order chi connectivity index (χ0) is 15.9. The van der Waals surface area contributed by atoms with Gasteiger partial charge in [0, 0.05) is 25.3 Å². The minimum absolute atomic E-state index is 0.416. The van der Waals surface area contributed by atoms with Crippen molar-refractivity contribution in [2.45, 2.75) is 30.7 Å². The van der Waals surface area contributed by atoms with E-state index < -0.39 is 10.0 Å². The Labute approximate surface area is 137 Å². The molecule has 0 saturated carbocycles. The fraction of sp³-hybridized carbons (Fsp3) is 0.333. The monoisotopic (exact) mass is 328 g/mol. The summed E-state index contributed by atoms with van der Waals surface area (Å²) in [7, 11) is -3.43. The van der Waals surface area contributed by atoms with Crippen LogP contribution >= 0.6 is 0 Å². The maximum absolute atomic E-state index is 13.0. The van der Waals surface area contributed by atoms with E-state index in [0.29, 0.717) is 18.0 Å². The Kier molecular flexibility index (Phi) is 3.62. The van der Waals surface area contributed by atoms with Gasteiger partial charge < -0.3 is 5.32 Å². The van der Waals surface area contributed by atoms with Crippen molar-refractivity contribution in [1.29, 1.82) is 0 Å². The summed E-state index contributed by atoms with van der Waals surface area (Å²) in [4.78, 5) is 0.416. The van der Waals surface area contributed by atoms with Crippen LogP contribution in [0.5, 0.6) is 0 Å². The predicted octanol–water partition coefficient (Wildman–Crippen LogP) is 2.79. The zero-order valence-electron chi connectivity index (χ0n) is 13.0. The third-order valence-corrected chi connectivity index (χ3v) is 6.59. The lowest BCUT2D eigenvalue weighted by molar-refractivity contribution is 0.391. The molecule has 5 heteroatoms. The summed E-state index contributed by atoms with van der Waals surface area (Å²) in [5.74, 6) is 0. The van der Waals surface area contributed by atoms with E-state index in [1.54, 1.807) is 10.4 Å². The van der Waals surface area contributed by atoms with Crippen LogP contribution in [0.1, 0.15) is 23.1 Å². The summed E-state index contributed by atoms with van der Waals surface area (Å²) in [6.07, 6.45) is 2.77. The van der Waals surface area contributed by atoms with E-state index >= 15 is 0 Å². The van der Waals surface area contributed by atoms with Crippen LogP contribution in [0.4, 0.5) is 5.69 Å². The molecular weight excluding hydrogens is 308 g/mol. The molecule has 0 spiro atoms. The third-order valence-electron chi connectivity index (χ3n) is 4.75. The molecule has 2 aliphatic rings. The highest BCUT2D eigenvalue weighted by molar-refractivity contribution is 7.89. The summed E-state index contributed by atoms with van der Waals surface area (Å²) >= 11 is 0. The molecule has 1 N–H and O–H groups in total. The van der Waals surface area contributed by atoms with Crippen LogP contribution < -0.4 is 5.32 Å². The van der Waals surface area contributed by atoms with Crippen molar-refractivity contribution in [2.24, 2.45) is 0 Å². The topological polar surface area (TPSA) is 49.4 Å². The molecule has 0 bridgehead atoms. The second kappa shape index (κ2) is 5.65. The van der Waals surface area contributed by atoms with E-state index in [-0.39, 0.29) is 0 Å². The fourth-order valence-corrected chi connectivity index (χ4v) is 4.91. The zero-order valence-corrected chi connectivity index (χ0v) is 13.8. The fourth-order valence-electron chi connectivity index (χ4n) is 3.44. The number of rotatable bonds is 2. The molecule has 2 aromatic rings. The first-order chi connectivity index (χ1) is 11.1. The number of sulfonamides is 1. The van der Waals surface area contributed by atoms with Crippen molar-refractivity contribution in [2.75, 3.05) is 18.4 Å². The van der Waals surface area contributed by atoms with Gasteiger partial charge in [0.15, 0.2) is 0 Å². The highest BCUT2D eigenvalue weighted by Crippen LogP contribution is 2.29. The summed E-state index contributed by atoms with van der Waals surface area (Å²) < 4.78 is 27.6. The van der Waals surface area contributed by atoms with E-state index in [4.69, 9.17) is 0 Å². The molecule has 0 atom stereocenters. The molecule has 23 heavy (non-hydrogen) atoms. The Hall–Kier alpha value is -1.85. The molecule has 2 aromatic carbocycles. The molecule has 4 nitrogen and oxygen atoms in total. The summed E-state index contributed by atoms with van der Waals surface area (Å²) in [6, 6.07) is 13.6. The molecule has 0 fully saturated rings. The molecule has 120 valence electrons. The molecule has 0 radical (unpaired) electrons. The van der Waals surface area contributed by atoms with Crippen molar-refractivity contribution < 1.29 is 8.42 Å². The molecule has 0 aromatic heterocycles. The number of benzene rings is 2. The van der Waals surface area contributed by atoms with Gasteiger partial charge in [-0.25, -0.2) is 8.42 Å². The first-order valence-electron chi connectivity index (χ1n) is 8.08. The number of anilines is 1. The minimum Gasteiger partial charge on any atom is -0.385 e. The lowest BCUT2D eigenvalue weighted by atomic mass is 10.0. The van der Waals surface area contributed by atoms with E-state index in [1.165, 1.54) is 5.56 Å². The normalized spacial score (nSPS) is 17.9. The number of hydrogen-bond donors (Lipinski definition) is 1. The maximum atomic E-state index is 13.0. The lowest BCUT2D eigenvalue weighted by Crippen LogP contribution is -2.36. The van der Waals surface area contributed by atoms with Gasteiger partial charge in [0.05, 0.1) is 4.90 Å². The SMILES string of the molecule is O=S(=O)(c1ccc2c(c1)CCCN2)N1CCc2ccccc2C1. The van der Waals surface area contributed by atoms with Crippen molar-refractivity contribution in [3.8, 4) is 0 Å². The maximum Gasteiger partial charge on any atom is 0.243 e. The van der Waals surface area contributed by atoms with Gasteiger partial charge in [-0.05, 0) is 54.2 Å². The third kappa shape index (κ3) is 2.64. The highest BCUT2D eigenvalue weighted by atomic mass is 32.2. The number of nitrogens with zero attached hydrogens (tertiary/aromatic N) is 1. The summed E-state index contributed by atoms with van der Waals surface area (Å²) in [5, 5.41) is 3.33. The van der Waals surface area contributed by atoms with E-state index in [1.807, 2.05) is 30.3 Å². The molecular formula is C18H20N2O2S. The van der Waals surface area contributed by atoms with Gasteiger partial charge in [-0.15, -0.1) is 0 Å².